The third-order valence-electron chi connectivity index (χ3n) is 2.31. The quantitative estimate of drug-likeness (QED) is 0.690. The normalized spacial score (nSPS) is 10.3. The van der Waals surface area contributed by atoms with Crippen molar-refractivity contribution in [3.8, 4) is 0 Å². The van der Waals surface area contributed by atoms with Crippen LogP contribution in [0, 0.1) is 6.92 Å². The second-order valence-corrected chi connectivity index (χ2v) is 5.82. The van der Waals surface area contributed by atoms with E-state index in [1.807, 2.05) is 37.4 Å². The van der Waals surface area contributed by atoms with Crippen LogP contribution in [-0.4, -0.2) is 22.4 Å². The molecule has 1 amide bonds. The molecule has 0 bridgehead atoms. The zero-order valence-corrected chi connectivity index (χ0v) is 11.8. The average Bonchev–Trinajstić information content (AvgIpc) is 2.79. The summed E-state index contributed by atoms with van der Waals surface area (Å²) in [7, 11) is 0. The van der Waals surface area contributed by atoms with Gasteiger partial charge in [-0.2, -0.15) is 0 Å². The first-order valence-corrected chi connectivity index (χ1v) is 7.44. The van der Waals surface area contributed by atoms with Gasteiger partial charge >= 0.3 is 0 Å². The molecule has 0 saturated heterocycles. The van der Waals surface area contributed by atoms with Crippen LogP contribution >= 0.6 is 23.1 Å². The Labute approximate surface area is 114 Å². The van der Waals surface area contributed by atoms with Gasteiger partial charge < -0.3 is 5.32 Å². The first-order valence-electron chi connectivity index (χ1n) is 5.40. The van der Waals surface area contributed by atoms with E-state index in [0.29, 0.717) is 11.6 Å². The van der Waals surface area contributed by atoms with Crippen LogP contribution in [0.15, 0.2) is 28.6 Å². The fourth-order valence-electron chi connectivity index (χ4n) is 1.40. The number of amides is 1. The highest BCUT2D eigenvalue weighted by Gasteiger charge is 2.08. The van der Waals surface area contributed by atoms with Gasteiger partial charge in [0.05, 0.1) is 6.42 Å². The summed E-state index contributed by atoms with van der Waals surface area (Å²) in [6.07, 6.45) is 2.28. The van der Waals surface area contributed by atoms with E-state index < -0.39 is 0 Å². The summed E-state index contributed by atoms with van der Waals surface area (Å²) in [5.74, 6) is -0.0670. The highest BCUT2D eigenvalue weighted by atomic mass is 32.2. The summed E-state index contributed by atoms with van der Waals surface area (Å²) in [6.45, 7) is 2.02. The molecule has 0 aliphatic rings. The summed E-state index contributed by atoms with van der Waals surface area (Å²) < 4.78 is 0.848. The van der Waals surface area contributed by atoms with Crippen molar-refractivity contribution >= 4 is 34.1 Å². The molecule has 2 aromatic rings. The molecule has 18 heavy (non-hydrogen) atoms. The predicted molar refractivity (Wildman–Crippen MR) is 75.2 cm³/mol. The smallest absolute Gasteiger partial charge is 0.230 e. The molecule has 0 spiro atoms. The topological polar surface area (TPSA) is 54.9 Å². The van der Waals surface area contributed by atoms with Gasteiger partial charge in [0, 0.05) is 0 Å². The minimum absolute atomic E-state index is 0.0670. The lowest BCUT2D eigenvalue weighted by Crippen LogP contribution is -2.14. The van der Waals surface area contributed by atoms with Gasteiger partial charge in [-0.3, -0.25) is 4.79 Å². The van der Waals surface area contributed by atoms with Crippen molar-refractivity contribution < 1.29 is 4.79 Å². The molecule has 0 fully saturated rings. The third kappa shape index (κ3) is 3.54. The molecular weight excluding hydrogens is 266 g/mol. The maximum atomic E-state index is 11.8. The van der Waals surface area contributed by atoms with E-state index >= 15 is 0 Å². The predicted octanol–water partition coefficient (Wildman–Crippen LogP) is 2.75. The van der Waals surface area contributed by atoms with Gasteiger partial charge in [0.1, 0.15) is 0 Å². The number of rotatable bonds is 4. The molecule has 1 N–H and O–H groups in total. The summed E-state index contributed by atoms with van der Waals surface area (Å²) in [4.78, 5) is 11.8. The number of benzene rings is 1. The number of thioether (sulfide) groups is 1. The van der Waals surface area contributed by atoms with Gasteiger partial charge in [0.15, 0.2) is 4.34 Å². The fourth-order valence-corrected chi connectivity index (χ4v) is 2.58. The van der Waals surface area contributed by atoms with Crippen LogP contribution in [-0.2, 0) is 11.2 Å². The molecule has 0 unspecified atom stereocenters. The number of aryl methyl sites for hydroxylation is 1. The minimum Gasteiger partial charge on any atom is -0.300 e. The summed E-state index contributed by atoms with van der Waals surface area (Å²) >= 11 is 2.90. The van der Waals surface area contributed by atoms with Crippen molar-refractivity contribution in [3.63, 3.8) is 0 Å². The third-order valence-corrected chi connectivity index (χ3v) is 4.13. The van der Waals surface area contributed by atoms with E-state index in [4.69, 9.17) is 0 Å². The molecule has 1 heterocycles. The molecule has 6 heteroatoms. The second-order valence-electron chi connectivity index (χ2n) is 3.79. The van der Waals surface area contributed by atoms with Crippen LogP contribution in [0.4, 0.5) is 5.13 Å². The number of hydrogen-bond donors (Lipinski definition) is 1. The second kappa shape index (κ2) is 5.97. The zero-order valence-electron chi connectivity index (χ0n) is 10.1. The molecular formula is C12H13N3OS2. The van der Waals surface area contributed by atoms with Crippen LogP contribution in [0.5, 0.6) is 0 Å². The molecule has 0 atom stereocenters. The molecule has 0 aliphatic heterocycles. The van der Waals surface area contributed by atoms with E-state index in [1.54, 1.807) is 0 Å². The zero-order chi connectivity index (χ0) is 13.0. The molecule has 1 aromatic heterocycles. The summed E-state index contributed by atoms with van der Waals surface area (Å²) in [5.41, 5.74) is 2.18. The van der Waals surface area contributed by atoms with Gasteiger partial charge in [0.25, 0.3) is 0 Å². The Morgan fingerprint density at radius 3 is 2.67 bits per heavy atom. The largest absolute Gasteiger partial charge is 0.300 e. The Hall–Kier alpha value is -1.40. The van der Waals surface area contributed by atoms with Crippen molar-refractivity contribution in [1.29, 1.82) is 0 Å². The lowest BCUT2D eigenvalue weighted by atomic mass is 10.1. The molecule has 4 nitrogen and oxygen atoms in total. The SMILES string of the molecule is CSc1nnc(NC(=O)Cc2ccc(C)cc2)s1. The first-order chi connectivity index (χ1) is 8.67. The van der Waals surface area contributed by atoms with E-state index in [9.17, 15) is 4.79 Å². The number of nitrogens with zero attached hydrogens (tertiary/aromatic N) is 2. The molecule has 94 valence electrons. The van der Waals surface area contributed by atoms with Gasteiger partial charge in [0.2, 0.25) is 11.0 Å². The first kappa shape index (κ1) is 13.0. The van der Waals surface area contributed by atoms with Gasteiger partial charge in [-0.1, -0.05) is 52.9 Å². The lowest BCUT2D eigenvalue weighted by Gasteiger charge is -2.01. The number of carbonyl (C=O) groups excluding carboxylic acids is 1. The Morgan fingerprint density at radius 2 is 2.06 bits per heavy atom. The van der Waals surface area contributed by atoms with Gasteiger partial charge in [-0.05, 0) is 18.7 Å². The Kier molecular flexibility index (Phi) is 4.33. The molecule has 2 rings (SSSR count). The van der Waals surface area contributed by atoms with Crippen molar-refractivity contribution in [1.82, 2.24) is 10.2 Å². The highest BCUT2D eigenvalue weighted by molar-refractivity contribution is 8.00. The molecule has 0 aliphatic carbocycles. The number of anilines is 1. The van der Waals surface area contributed by atoms with Crippen LogP contribution in [0.3, 0.4) is 0 Å². The Morgan fingerprint density at radius 1 is 1.33 bits per heavy atom. The van der Waals surface area contributed by atoms with Crippen LogP contribution in [0.2, 0.25) is 0 Å². The van der Waals surface area contributed by atoms with E-state index in [-0.39, 0.29) is 5.91 Å². The summed E-state index contributed by atoms with van der Waals surface area (Å²) in [5, 5.41) is 11.1. The number of nitrogens with one attached hydrogen (secondary N) is 1. The van der Waals surface area contributed by atoms with E-state index in [2.05, 4.69) is 15.5 Å². The van der Waals surface area contributed by atoms with Crippen molar-refractivity contribution in [2.75, 3.05) is 11.6 Å². The minimum atomic E-state index is -0.0670. The van der Waals surface area contributed by atoms with Crippen LogP contribution < -0.4 is 5.32 Å². The molecule has 0 radical (unpaired) electrons. The fraction of sp³-hybridized carbons (Fsp3) is 0.250. The molecule has 0 saturated carbocycles. The summed E-state index contributed by atoms with van der Waals surface area (Å²) in [6, 6.07) is 7.92. The van der Waals surface area contributed by atoms with Crippen molar-refractivity contribution in [2.45, 2.75) is 17.7 Å². The Balaban J connectivity index is 1.94. The number of hydrogen-bond acceptors (Lipinski definition) is 5. The van der Waals surface area contributed by atoms with Crippen molar-refractivity contribution in [3.05, 3.63) is 35.4 Å². The van der Waals surface area contributed by atoms with E-state index in [1.165, 1.54) is 28.7 Å². The van der Waals surface area contributed by atoms with Crippen LogP contribution in [0.25, 0.3) is 0 Å². The lowest BCUT2D eigenvalue weighted by molar-refractivity contribution is -0.115. The van der Waals surface area contributed by atoms with Gasteiger partial charge in [-0.25, -0.2) is 0 Å². The maximum Gasteiger partial charge on any atom is 0.230 e. The molecule has 1 aromatic carbocycles. The number of carbonyl (C=O) groups is 1. The van der Waals surface area contributed by atoms with E-state index in [0.717, 1.165) is 9.90 Å². The van der Waals surface area contributed by atoms with Crippen LogP contribution in [0.1, 0.15) is 11.1 Å². The monoisotopic (exact) mass is 279 g/mol. The van der Waals surface area contributed by atoms with Crippen molar-refractivity contribution in [2.24, 2.45) is 0 Å². The average molecular weight is 279 g/mol. The van der Waals surface area contributed by atoms with Gasteiger partial charge in [-0.15, -0.1) is 10.2 Å². The number of aromatic nitrogens is 2. The Bertz CT molecular complexity index is 537. The standard InChI is InChI=1S/C12H13N3OS2/c1-8-3-5-9(6-4-8)7-10(16)13-11-14-15-12(17-2)18-11/h3-6H,7H2,1-2H3,(H,13,14,16). The highest BCUT2D eigenvalue weighted by Crippen LogP contribution is 2.23. The maximum absolute atomic E-state index is 11.8.